The number of hydrogen-bond acceptors (Lipinski definition) is 6. The Morgan fingerprint density at radius 3 is 2.70 bits per heavy atom. The van der Waals surface area contributed by atoms with Crippen molar-refractivity contribution in [2.24, 2.45) is 0 Å². The van der Waals surface area contributed by atoms with Gasteiger partial charge in [-0.1, -0.05) is 42.1 Å². The lowest BCUT2D eigenvalue weighted by Gasteiger charge is -2.07. The molecule has 0 saturated carbocycles. The molecule has 3 aromatic rings. The van der Waals surface area contributed by atoms with Crippen molar-refractivity contribution < 1.29 is 9.72 Å². The lowest BCUT2D eigenvalue weighted by atomic mass is 10.1. The third-order valence-electron chi connectivity index (χ3n) is 3.76. The van der Waals surface area contributed by atoms with Gasteiger partial charge in [-0.25, -0.2) is 4.98 Å². The maximum atomic E-state index is 12.3. The van der Waals surface area contributed by atoms with Crippen molar-refractivity contribution in [2.45, 2.75) is 22.6 Å². The van der Waals surface area contributed by atoms with Crippen LogP contribution in [0.15, 0.2) is 63.1 Å². The molecule has 0 saturated heterocycles. The predicted octanol–water partition coefficient (Wildman–Crippen LogP) is 4.48. The van der Waals surface area contributed by atoms with Crippen molar-refractivity contribution >= 4 is 34.7 Å². The highest BCUT2D eigenvalue weighted by atomic mass is 32.2. The molecule has 1 amide bonds. The van der Waals surface area contributed by atoms with Crippen molar-refractivity contribution in [3.63, 3.8) is 0 Å². The van der Waals surface area contributed by atoms with Crippen LogP contribution >= 0.6 is 23.1 Å². The summed E-state index contributed by atoms with van der Waals surface area (Å²) in [5.41, 5.74) is 2.17. The Morgan fingerprint density at radius 2 is 2.04 bits per heavy atom. The Labute approximate surface area is 164 Å². The lowest BCUT2D eigenvalue weighted by molar-refractivity contribution is -0.387. The first-order valence-corrected chi connectivity index (χ1v) is 9.93. The van der Waals surface area contributed by atoms with E-state index in [0.717, 1.165) is 15.6 Å². The summed E-state index contributed by atoms with van der Waals surface area (Å²) < 4.78 is 0.732. The van der Waals surface area contributed by atoms with Gasteiger partial charge in [0.2, 0.25) is 0 Å². The Kier molecular flexibility index (Phi) is 6.20. The van der Waals surface area contributed by atoms with Crippen LogP contribution in [0, 0.1) is 17.0 Å². The molecule has 0 bridgehead atoms. The average molecular weight is 399 g/mol. The molecule has 0 aliphatic carbocycles. The number of nitro benzene ring substituents is 1. The van der Waals surface area contributed by atoms with Gasteiger partial charge in [-0.3, -0.25) is 14.9 Å². The minimum atomic E-state index is -0.469. The van der Waals surface area contributed by atoms with Gasteiger partial charge in [0.25, 0.3) is 11.6 Å². The Morgan fingerprint density at radius 1 is 1.26 bits per heavy atom. The molecule has 0 atom stereocenters. The van der Waals surface area contributed by atoms with E-state index in [9.17, 15) is 14.9 Å². The number of nitro groups is 1. The van der Waals surface area contributed by atoms with E-state index in [-0.39, 0.29) is 17.2 Å². The standard InChI is InChI=1S/C19H17N3O3S2/c1-13-12-26-19(21-13)27-17-8-7-15(11-16(17)22(24)25)18(23)20-10-9-14-5-3-2-4-6-14/h2-8,11-12H,9-10H2,1H3,(H,20,23). The summed E-state index contributed by atoms with van der Waals surface area (Å²) in [5.74, 6) is -0.323. The third kappa shape index (κ3) is 5.15. The van der Waals surface area contributed by atoms with Gasteiger partial charge < -0.3 is 5.32 Å². The second kappa shape index (κ2) is 8.79. The topological polar surface area (TPSA) is 85.1 Å². The number of benzene rings is 2. The predicted molar refractivity (Wildman–Crippen MR) is 107 cm³/mol. The molecule has 0 aliphatic rings. The van der Waals surface area contributed by atoms with E-state index in [2.05, 4.69) is 10.3 Å². The lowest BCUT2D eigenvalue weighted by Crippen LogP contribution is -2.25. The molecular formula is C19H17N3O3S2. The van der Waals surface area contributed by atoms with Crippen LogP contribution in [0.1, 0.15) is 21.6 Å². The molecule has 0 radical (unpaired) electrons. The molecule has 0 fully saturated rings. The first kappa shape index (κ1) is 19.1. The second-order valence-electron chi connectivity index (χ2n) is 5.79. The average Bonchev–Trinajstić information content (AvgIpc) is 3.07. The summed E-state index contributed by atoms with van der Waals surface area (Å²) in [5, 5.41) is 16.1. The Hall–Kier alpha value is -2.71. The summed E-state index contributed by atoms with van der Waals surface area (Å²) in [4.78, 5) is 28.1. The van der Waals surface area contributed by atoms with E-state index in [0.29, 0.717) is 17.9 Å². The van der Waals surface area contributed by atoms with Crippen molar-refractivity contribution in [1.29, 1.82) is 0 Å². The number of aryl methyl sites for hydroxylation is 1. The number of nitrogens with zero attached hydrogens (tertiary/aromatic N) is 2. The molecule has 6 nitrogen and oxygen atoms in total. The number of aromatic nitrogens is 1. The van der Waals surface area contributed by atoms with Crippen LogP contribution in [-0.2, 0) is 6.42 Å². The number of hydrogen-bond donors (Lipinski definition) is 1. The van der Waals surface area contributed by atoms with E-state index in [1.54, 1.807) is 12.1 Å². The molecule has 1 heterocycles. The SMILES string of the molecule is Cc1csc(Sc2ccc(C(=O)NCCc3ccccc3)cc2[N+](=O)[O-])n1. The van der Waals surface area contributed by atoms with Gasteiger partial charge in [0.1, 0.15) is 0 Å². The normalized spacial score (nSPS) is 10.6. The molecule has 27 heavy (non-hydrogen) atoms. The molecule has 1 N–H and O–H groups in total. The highest BCUT2D eigenvalue weighted by molar-refractivity contribution is 8.01. The van der Waals surface area contributed by atoms with Gasteiger partial charge >= 0.3 is 0 Å². The van der Waals surface area contributed by atoms with Crippen LogP contribution < -0.4 is 5.32 Å². The zero-order chi connectivity index (χ0) is 19.2. The molecule has 0 spiro atoms. The zero-order valence-electron chi connectivity index (χ0n) is 14.5. The largest absolute Gasteiger partial charge is 0.352 e. The monoisotopic (exact) mass is 399 g/mol. The summed E-state index contributed by atoms with van der Waals surface area (Å²) >= 11 is 2.67. The highest BCUT2D eigenvalue weighted by Gasteiger charge is 2.19. The maximum absolute atomic E-state index is 12.3. The van der Waals surface area contributed by atoms with Crippen LogP contribution in [0.25, 0.3) is 0 Å². The van der Waals surface area contributed by atoms with Crippen molar-refractivity contribution in [3.05, 3.63) is 80.8 Å². The Bertz CT molecular complexity index is 958. The fourth-order valence-electron chi connectivity index (χ4n) is 2.43. The summed E-state index contributed by atoms with van der Waals surface area (Å²) in [6.07, 6.45) is 0.700. The second-order valence-corrected chi connectivity index (χ2v) is 7.94. The van der Waals surface area contributed by atoms with Crippen LogP contribution in [-0.4, -0.2) is 22.4 Å². The molecule has 2 aromatic carbocycles. The molecule has 0 aliphatic heterocycles. The van der Waals surface area contributed by atoms with E-state index >= 15 is 0 Å². The number of thiazole rings is 1. The number of amides is 1. The summed E-state index contributed by atoms with van der Waals surface area (Å²) in [6.45, 7) is 2.34. The van der Waals surface area contributed by atoms with E-state index < -0.39 is 4.92 Å². The molecule has 138 valence electrons. The van der Waals surface area contributed by atoms with Gasteiger partial charge in [-0.15, -0.1) is 11.3 Å². The van der Waals surface area contributed by atoms with Crippen LogP contribution in [0.4, 0.5) is 5.69 Å². The first-order valence-electron chi connectivity index (χ1n) is 8.23. The fourth-order valence-corrected chi connectivity index (χ4v) is 4.31. The number of nitrogens with one attached hydrogen (secondary N) is 1. The van der Waals surface area contributed by atoms with Crippen LogP contribution in [0.3, 0.4) is 0 Å². The minimum absolute atomic E-state index is 0.0939. The molecule has 8 heteroatoms. The molecule has 0 unspecified atom stereocenters. The van der Waals surface area contributed by atoms with E-state index in [1.807, 2.05) is 42.6 Å². The molecule has 1 aromatic heterocycles. The minimum Gasteiger partial charge on any atom is -0.352 e. The molecular weight excluding hydrogens is 382 g/mol. The van der Waals surface area contributed by atoms with E-state index in [4.69, 9.17) is 0 Å². The van der Waals surface area contributed by atoms with E-state index in [1.165, 1.54) is 29.2 Å². The quantitative estimate of drug-likeness (QED) is 0.467. The molecule has 3 rings (SSSR count). The van der Waals surface area contributed by atoms with Gasteiger partial charge in [0, 0.05) is 29.2 Å². The first-order chi connectivity index (χ1) is 13.0. The Balaban J connectivity index is 1.69. The van der Waals surface area contributed by atoms with Crippen molar-refractivity contribution in [3.8, 4) is 0 Å². The van der Waals surface area contributed by atoms with Gasteiger partial charge in [0.15, 0.2) is 4.34 Å². The smallest absolute Gasteiger partial charge is 0.284 e. The number of carbonyl (C=O) groups excluding carboxylic acids is 1. The fraction of sp³-hybridized carbons (Fsp3) is 0.158. The van der Waals surface area contributed by atoms with Gasteiger partial charge in [-0.05, 0) is 31.0 Å². The van der Waals surface area contributed by atoms with Crippen molar-refractivity contribution in [2.75, 3.05) is 6.54 Å². The van der Waals surface area contributed by atoms with Crippen molar-refractivity contribution in [1.82, 2.24) is 10.3 Å². The summed E-state index contributed by atoms with van der Waals surface area (Å²) in [6, 6.07) is 14.3. The number of rotatable bonds is 7. The highest BCUT2D eigenvalue weighted by Crippen LogP contribution is 2.36. The number of carbonyl (C=O) groups is 1. The zero-order valence-corrected chi connectivity index (χ0v) is 16.2. The third-order valence-corrected chi connectivity index (χ3v) is 5.88. The maximum Gasteiger partial charge on any atom is 0.284 e. The van der Waals surface area contributed by atoms with Crippen LogP contribution in [0.5, 0.6) is 0 Å². The summed E-state index contributed by atoms with van der Waals surface area (Å²) in [7, 11) is 0. The van der Waals surface area contributed by atoms with Gasteiger partial charge in [-0.2, -0.15) is 0 Å². The van der Waals surface area contributed by atoms with Gasteiger partial charge in [0.05, 0.1) is 9.82 Å². The van der Waals surface area contributed by atoms with Crippen LogP contribution in [0.2, 0.25) is 0 Å².